The van der Waals surface area contributed by atoms with E-state index in [9.17, 15) is 4.79 Å². The molecule has 5 heteroatoms. The Morgan fingerprint density at radius 2 is 2.10 bits per heavy atom. The number of rotatable bonds is 3. The summed E-state index contributed by atoms with van der Waals surface area (Å²) in [5, 5.41) is 2.90. The third-order valence-corrected chi connectivity index (χ3v) is 3.08. The molecule has 1 atom stereocenters. The van der Waals surface area contributed by atoms with E-state index in [0.29, 0.717) is 5.69 Å². The van der Waals surface area contributed by atoms with Crippen molar-refractivity contribution in [2.24, 2.45) is 0 Å². The smallest absolute Gasteiger partial charge is 0.272 e. The summed E-state index contributed by atoms with van der Waals surface area (Å²) in [6.07, 6.45) is 5.29. The van der Waals surface area contributed by atoms with Gasteiger partial charge in [0.05, 0.1) is 11.7 Å². The Labute approximate surface area is 116 Å². The molecule has 0 aliphatic rings. The van der Waals surface area contributed by atoms with Crippen molar-refractivity contribution in [3.05, 3.63) is 66.4 Å². The van der Waals surface area contributed by atoms with Crippen LogP contribution in [-0.2, 0) is 0 Å². The van der Waals surface area contributed by atoms with Crippen molar-refractivity contribution >= 4 is 11.6 Å². The van der Waals surface area contributed by atoms with E-state index in [1.807, 2.05) is 53.9 Å². The highest BCUT2D eigenvalue weighted by molar-refractivity contribution is 5.93. The number of pyridine rings is 2. The van der Waals surface area contributed by atoms with Gasteiger partial charge in [-0.2, -0.15) is 0 Å². The van der Waals surface area contributed by atoms with Crippen molar-refractivity contribution < 1.29 is 4.79 Å². The fraction of sp³-hybridized carbons (Fsp3) is 0.133. The molecule has 0 unspecified atom stereocenters. The molecular weight excluding hydrogens is 252 g/mol. The van der Waals surface area contributed by atoms with Gasteiger partial charge in [0.25, 0.3) is 5.91 Å². The molecule has 0 spiro atoms. The van der Waals surface area contributed by atoms with Crippen LogP contribution in [0.15, 0.2) is 55.0 Å². The summed E-state index contributed by atoms with van der Waals surface area (Å²) in [7, 11) is 0. The van der Waals surface area contributed by atoms with Crippen LogP contribution in [0.4, 0.5) is 0 Å². The zero-order valence-corrected chi connectivity index (χ0v) is 11.0. The molecule has 20 heavy (non-hydrogen) atoms. The molecule has 0 aromatic carbocycles. The van der Waals surface area contributed by atoms with E-state index >= 15 is 0 Å². The second kappa shape index (κ2) is 5.13. The van der Waals surface area contributed by atoms with E-state index in [4.69, 9.17) is 0 Å². The quantitative estimate of drug-likeness (QED) is 0.790. The predicted molar refractivity (Wildman–Crippen MR) is 75.3 cm³/mol. The zero-order chi connectivity index (χ0) is 13.9. The van der Waals surface area contributed by atoms with Crippen molar-refractivity contribution in [2.45, 2.75) is 13.0 Å². The number of carbonyl (C=O) groups is 1. The number of nitrogens with one attached hydrogen (secondary N) is 1. The van der Waals surface area contributed by atoms with E-state index in [1.54, 1.807) is 12.4 Å². The number of amides is 1. The highest BCUT2D eigenvalue weighted by Crippen LogP contribution is 2.10. The SMILES string of the molecule is C[C@H](NC(=O)c1cn2ccccc2n1)c1ccccn1. The van der Waals surface area contributed by atoms with Crippen LogP contribution < -0.4 is 5.32 Å². The van der Waals surface area contributed by atoms with Gasteiger partial charge in [0, 0.05) is 18.6 Å². The van der Waals surface area contributed by atoms with Gasteiger partial charge >= 0.3 is 0 Å². The number of nitrogens with zero attached hydrogens (tertiary/aromatic N) is 3. The standard InChI is InChI=1S/C15H14N4O/c1-11(12-6-2-4-8-16-12)17-15(20)13-10-19-9-5-3-7-14(19)18-13/h2-11H,1H3,(H,17,20)/t11-/m0/s1. The lowest BCUT2D eigenvalue weighted by Crippen LogP contribution is -2.27. The number of aromatic nitrogens is 3. The maximum Gasteiger partial charge on any atom is 0.272 e. The number of hydrogen-bond donors (Lipinski definition) is 1. The second-order valence-corrected chi connectivity index (χ2v) is 4.54. The molecule has 0 radical (unpaired) electrons. The van der Waals surface area contributed by atoms with Crippen LogP contribution >= 0.6 is 0 Å². The third kappa shape index (κ3) is 2.38. The van der Waals surface area contributed by atoms with Gasteiger partial charge in [-0.3, -0.25) is 9.78 Å². The molecule has 100 valence electrons. The average molecular weight is 266 g/mol. The zero-order valence-electron chi connectivity index (χ0n) is 11.0. The van der Waals surface area contributed by atoms with Crippen LogP contribution in [0.25, 0.3) is 5.65 Å². The van der Waals surface area contributed by atoms with Crippen LogP contribution in [0.2, 0.25) is 0 Å². The van der Waals surface area contributed by atoms with Gasteiger partial charge < -0.3 is 9.72 Å². The van der Waals surface area contributed by atoms with E-state index in [-0.39, 0.29) is 11.9 Å². The van der Waals surface area contributed by atoms with Crippen LogP contribution in [0.3, 0.4) is 0 Å². The van der Waals surface area contributed by atoms with Crippen LogP contribution in [0.1, 0.15) is 29.1 Å². The van der Waals surface area contributed by atoms with Crippen molar-refractivity contribution in [3.8, 4) is 0 Å². The van der Waals surface area contributed by atoms with Gasteiger partial charge in [-0.15, -0.1) is 0 Å². The molecule has 0 bridgehead atoms. The third-order valence-electron chi connectivity index (χ3n) is 3.08. The topological polar surface area (TPSA) is 59.3 Å². The maximum atomic E-state index is 12.2. The fourth-order valence-electron chi connectivity index (χ4n) is 2.02. The predicted octanol–water partition coefficient (Wildman–Crippen LogP) is 2.22. The Kier molecular flexibility index (Phi) is 3.16. The van der Waals surface area contributed by atoms with Crippen LogP contribution in [-0.4, -0.2) is 20.3 Å². The molecular formula is C15H14N4O. The van der Waals surface area contributed by atoms with Gasteiger partial charge in [-0.1, -0.05) is 12.1 Å². The molecule has 5 nitrogen and oxygen atoms in total. The van der Waals surface area contributed by atoms with Gasteiger partial charge in [-0.25, -0.2) is 4.98 Å². The average Bonchev–Trinajstić information content (AvgIpc) is 2.92. The van der Waals surface area contributed by atoms with Gasteiger partial charge in [0.15, 0.2) is 0 Å². The molecule has 1 amide bonds. The Hall–Kier alpha value is -2.69. The summed E-state index contributed by atoms with van der Waals surface area (Å²) in [6, 6.07) is 11.1. The van der Waals surface area contributed by atoms with E-state index in [1.165, 1.54) is 0 Å². The molecule has 0 fully saturated rings. The number of imidazole rings is 1. The Morgan fingerprint density at radius 1 is 1.25 bits per heavy atom. The molecule has 0 saturated carbocycles. The van der Waals surface area contributed by atoms with Crippen LogP contribution in [0, 0.1) is 0 Å². The van der Waals surface area contributed by atoms with Crippen molar-refractivity contribution in [1.82, 2.24) is 19.7 Å². The Balaban J connectivity index is 1.79. The first-order chi connectivity index (χ1) is 9.74. The first-order valence-corrected chi connectivity index (χ1v) is 6.39. The molecule has 3 rings (SSSR count). The number of carbonyl (C=O) groups excluding carboxylic acids is 1. The Bertz CT molecular complexity index is 703. The summed E-state index contributed by atoms with van der Waals surface area (Å²) in [6.45, 7) is 1.90. The fourth-order valence-corrected chi connectivity index (χ4v) is 2.02. The Morgan fingerprint density at radius 3 is 2.85 bits per heavy atom. The first kappa shape index (κ1) is 12.3. The largest absolute Gasteiger partial charge is 0.343 e. The lowest BCUT2D eigenvalue weighted by molar-refractivity contribution is 0.0934. The lowest BCUT2D eigenvalue weighted by Gasteiger charge is -2.11. The van der Waals surface area contributed by atoms with Gasteiger partial charge in [0.2, 0.25) is 0 Å². The first-order valence-electron chi connectivity index (χ1n) is 6.39. The van der Waals surface area contributed by atoms with Crippen molar-refractivity contribution in [1.29, 1.82) is 0 Å². The summed E-state index contributed by atoms with van der Waals surface area (Å²) in [4.78, 5) is 20.7. The molecule has 0 aliphatic heterocycles. The minimum absolute atomic E-state index is 0.159. The van der Waals surface area contributed by atoms with Crippen molar-refractivity contribution in [2.75, 3.05) is 0 Å². The monoisotopic (exact) mass is 266 g/mol. The molecule has 1 N–H and O–H groups in total. The summed E-state index contributed by atoms with van der Waals surface area (Å²) < 4.78 is 1.82. The van der Waals surface area contributed by atoms with Gasteiger partial charge in [0.1, 0.15) is 11.3 Å². The number of fused-ring (bicyclic) bond motifs is 1. The lowest BCUT2D eigenvalue weighted by atomic mass is 10.2. The molecule has 0 aliphatic carbocycles. The van der Waals surface area contributed by atoms with Crippen molar-refractivity contribution in [3.63, 3.8) is 0 Å². The molecule has 3 aromatic heterocycles. The van der Waals surface area contributed by atoms with E-state index < -0.39 is 0 Å². The minimum atomic E-state index is -0.202. The molecule has 0 saturated heterocycles. The summed E-state index contributed by atoms with van der Waals surface area (Å²) in [5.41, 5.74) is 1.98. The number of hydrogen-bond acceptors (Lipinski definition) is 3. The summed E-state index contributed by atoms with van der Waals surface area (Å²) in [5.74, 6) is -0.202. The van der Waals surface area contributed by atoms with E-state index in [2.05, 4.69) is 15.3 Å². The molecule has 3 heterocycles. The van der Waals surface area contributed by atoms with E-state index in [0.717, 1.165) is 11.3 Å². The van der Waals surface area contributed by atoms with Gasteiger partial charge in [-0.05, 0) is 31.2 Å². The normalized spacial score (nSPS) is 12.2. The van der Waals surface area contributed by atoms with Crippen LogP contribution in [0.5, 0.6) is 0 Å². The highest BCUT2D eigenvalue weighted by Gasteiger charge is 2.14. The maximum absolute atomic E-state index is 12.2. The summed E-state index contributed by atoms with van der Waals surface area (Å²) >= 11 is 0. The molecule has 3 aromatic rings. The second-order valence-electron chi connectivity index (χ2n) is 4.54. The highest BCUT2D eigenvalue weighted by atomic mass is 16.2. The minimum Gasteiger partial charge on any atom is -0.343 e.